The summed E-state index contributed by atoms with van der Waals surface area (Å²) in [6.07, 6.45) is 0. The Hall–Kier alpha value is -3.45. The summed E-state index contributed by atoms with van der Waals surface area (Å²) in [5.74, 6) is 1.86. The molecule has 0 bridgehead atoms. The first-order chi connectivity index (χ1) is 16.0. The third-order valence-corrected chi connectivity index (χ3v) is 6.39. The molecule has 0 aliphatic heterocycles. The Morgan fingerprint density at radius 2 is 1.61 bits per heavy atom. The van der Waals surface area contributed by atoms with Crippen molar-refractivity contribution in [2.75, 3.05) is 21.3 Å². The van der Waals surface area contributed by atoms with Gasteiger partial charge in [-0.25, -0.2) is 4.98 Å². The van der Waals surface area contributed by atoms with Crippen LogP contribution in [-0.4, -0.2) is 30.9 Å². The van der Waals surface area contributed by atoms with Gasteiger partial charge in [-0.1, -0.05) is 59.3 Å². The van der Waals surface area contributed by atoms with Crippen molar-refractivity contribution in [3.63, 3.8) is 0 Å². The fraction of sp³-hybridized carbons (Fsp3) is 0.231. The van der Waals surface area contributed by atoms with Gasteiger partial charge in [0.2, 0.25) is 5.75 Å². The lowest BCUT2D eigenvalue weighted by atomic mass is 10.2. The molecule has 4 rings (SSSR count). The van der Waals surface area contributed by atoms with Gasteiger partial charge in [0.15, 0.2) is 16.7 Å². The topological polar surface area (TPSA) is 62.6 Å². The van der Waals surface area contributed by atoms with E-state index in [0.717, 1.165) is 16.8 Å². The van der Waals surface area contributed by atoms with E-state index in [1.54, 1.807) is 10.6 Å². The predicted octanol–water partition coefficient (Wildman–Crippen LogP) is 5.32. The van der Waals surface area contributed by atoms with E-state index >= 15 is 0 Å². The van der Waals surface area contributed by atoms with E-state index in [2.05, 4.69) is 25.1 Å². The Balaban J connectivity index is 1.97. The van der Waals surface area contributed by atoms with E-state index in [4.69, 9.17) is 19.2 Å². The van der Waals surface area contributed by atoms with Crippen molar-refractivity contribution >= 4 is 22.7 Å². The molecule has 0 saturated heterocycles. The van der Waals surface area contributed by atoms with Gasteiger partial charge in [-0.2, -0.15) is 0 Å². The SMILES string of the molecule is COc1cc2c(=O)n(-c3ccc(C)cc3)c(SCc3cccc(C)c3)nc2c(OC)c1OC. The highest BCUT2D eigenvalue weighted by Gasteiger charge is 2.22. The van der Waals surface area contributed by atoms with E-state index < -0.39 is 0 Å². The second kappa shape index (κ2) is 9.58. The van der Waals surface area contributed by atoms with Crippen molar-refractivity contribution in [3.05, 3.63) is 81.6 Å². The van der Waals surface area contributed by atoms with Crippen molar-refractivity contribution in [3.8, 4) is 22.9 Å². The molecule has 0 unspecified atom stereocenters. The summed E-state index contributed by atoms with van der Waals surface area (Å²) in [5, 5.41) is 0.966. The zero-order chi connectivity index (χ0) is 23.5. The molecule has 1 aromatic heterocycles. The van der Waals surface area contributed by atoms with Gasteiger partial charge in [-0.05, 0) is 37.6 Å². The van der Waals surface area contributed by atoms with Crippen LogP contribution in [0.5, 0.6) is 17.2 Å². The molecule has 0 N–H and O–H groups in total. The third-order valence-electron chi connectivity index (χ3n) is 5.38. The summed E-state index contributed by atoms with van der Waals surface area (Å²) >= 11 is 1.50. The van der Waals surface area contributed by atoms with Crippen LogP contribution in [0.15, 0.2) is 64.5 Å². The predicted molar refractivity (Wildman–Crippen MR) is 132 cm³/mol. The fourth-order valence-corrected chi connectivity index (χ4v) is 4.68. The van der Waals surface area contributed by atoms with Crippen LogP contribution in [0.25, 0.3) is 16.6 Å². The van der Waals surface area contributed by atoms with Crippen LogP contribution in [-0.2, 0) is 5.75 Å². The molecule has 0 fully saturated rings. The minimum absolute atomic E-state index is 0.199. The van der Waals surface area contributed by atoms with Gasteiger partial charge >= 0.3 is 0 Å². The monoisotopic (exact) mass is 462 g/mol. The first kappa shape index (κ1) is 22.7. The Morgan fingerprint density at radius 3 is 2.24 bits per heavy atom. The van der Waals surface area contributed by atoms with E-state index in [-0.39, 0.29) is 5.56 Å². The molecule has 6 nitrogen and oxygen atoms in total. The molecule has 170 valence electrons. The Bertz CT molecular complexity index is 1360. The molecular formula is C26H26N2O4S. The molecular weight excluding hydrogens is 436 g/mol. The highest BCUT2D eigenvalue weighted by atomic mass is 32.2. The molecule has 3 aromatic carbocycles. The number of hydrogen-bond donors (Lipinski definition) is 0. The van der Waals surface area contributed by atoms with Crippen LogP contribution >= 0.6 is 11.8 Å². The van der Waals surface area contributed by atoms with Gasteiger partial charge in [-0.3, -0.25) is 9.36 Å². The number of nitrogens with zero attached hydrogens (tertiary/aromatic N) is 2. The highest BCUT2D eigenvalue weighted by molar-refractivity contribution is 7.98. The Labute approximate surface area is 197 Å². The molecule has 0 atom stereocenters. The van der Waals surface area contributed by atoms with E-state index in [1.807, 2.05) is 37.3 Å². The third kappa shape index (κ3) is 4.41. The van der Waals surface area contributed by atoms with Crippen LogP contribution in [0.4, 0.5) is 0 Å². The number of aryl methyl sites for hydroxylation is 2. The van der Waals surface area contributed by atoms with Gasteiger partial charge in [0.25, 0.3) is 5.56 Å². The number of rotatable bonds is 7. The first-order valence-corrected chi connectivity index (χ1v) is 11.5. The van der Waals surface area contributed by atoms with Crippen LogP contribution in [0, 0.1) is 13.8 Å². The van der Waals surface area contributed by atoms with E-state index in [9.17, 15) is 4.79 Å². The van der Waals surface area contributed by atoms with Gasteiger partial charge in [0.1, 0.15) is 5.52 Å². The fourth-order valence-electron chi connectivity index (χ4n) is 3.74. The first-order valence-electron chi connectivity index (χ1n) is 10.5. The molecule has 0 aliphatic rings. The van der Waals surface area contributed by atoms with Crippen molar-refractivity contribution < 1.29 is 14.2 Å². The van der Waals surface area contributed by atoms with Crippen molar-refractivity contribution in [2.45, 2.75) is 24.8 Å². The lowest BCUT2D eigenvalue weighted by Crippen LogP contribution is -2.22. The number of benzene rings is 3. The number of fused-ring (bicyclic) bond motifs is 1. The highest BCUT2D eigenvalue weighted by Crippen LogP contribution is 2.42. The largest absolute Gasteiger partial charge is 0.493 e. The number of thioether (sulfide) groups is 1. The quantitative estimate of drug-likeness (QED) is 0.274. The number of hydrogen-bond acceptors (Lipinski definition) is 6. The zero-order valence-corrected chi connectivity index (χ0v) is 20.2. The van der Waals surface area contributed by atoms with Crippen molar-refractivity contribution in [1.82, 2.24) is 9.55 Å². The molecule has 0 aliphatic carbocycles. The maximum absolute atomic E-state index is 13.8. The average Bonchev–Trinajstić information content (AvgIpc) is 2.82. The van der Waals surface area contributed by atoms with Crippen LogP contribution in [0.1, 0.15) is 16.7 Å². The molecule has 33 heavy (non-hydrogen) atoms. The maximum Gasteiger partial charge on any atom is 0.266 e. The van der Waals surface area contributed by atoms with Gasteiger partial charge in [-0.15, -0.1) is 0 Å². The maximum atomic E-state index is 13.8. The van der Waals surface area contributed by atoms with E-state index in [1.165, 1.54) is 38.7 Å². The summed E-state index contributed by atoms with van der Waals surface area (Å²) in [4.78, 5) is 18.7. The minimum atomic E-state index is -0.199. The van der Waals surface area contributed by atoms with Gasteiger partial charge in [0, 0.05) is 5.75 Å². The summed E-state index contributed by atoms with van der Waals surface area (Å²) in [6, 6.07) is 17.8. The lowest BCUT2D eigenvalue weighted by molar-refractivity contribution is 0.326. The molecule has 7 heteroatoms. The summed E-state index contributed by atoms with van der Waals surface area (Å²) in [7, 11) is 4.59. The van der Waals surface area contributed by atoms with Gasteiger partial charge < -0.3 is 14.2 Å². The molecule has 0 saturated carbocycles. The van der Waals surface area contributed by atoms with Crippen molar-refractivity contribution in [2.24, 2.45) is 0 Å². The van der Waals surface area contributed by atoms with E-state index in [0.29, 0.717) is 39.1 Å². The second-order valence-corrected chi connectivity index (χ2v) is 8.63. The molecule has 0 amide bonds. The molecule has 0 spiro atoms. The summed E-state index contributed by atoms with van der Waals surface area (Å²) in [5.41, 5.74) is 4.45. The molecule has 0 radical (unpaired) electrons. The molecule has 1 heterocycles. The number of methoxy groups -OCH3 is 3. The number of ether oxygens (including phenoxy) is 3. The normalized spacial score (nSPS) is 10.9. The number of aromatic nitrogens is 2. The van der Waals surface area contributed by atoms with Crippen LogP contribution < -0.4 is 19.8 Å². The van der Waals surface area contributed by atoms with Crippen LogP contribution in [0.3, 0.4) is 0 Å². The summed E-state index contributed by atoms with van der Waals surface area (Å²) in [6.45, 7) is 4.08. The zero-order valence-electron chi connectivity index (χ0n) is 19.3. The standard InChI is InChI=1S/C26H26N2O4S/c1-16-9-11-19(12-10-16)28-25(29)20-14-21(30-3)23(31-4)24(32-5)22(20)27-26(28)33-15-18-8-6-7-17(2)13-18/h6-14H,15H2,1-5H3. The Morgan fingerprint density at radius 1 is 0.879 bits per heavy atom. The van der Waals surface area contributed by atoms with Gasteiger partial charge in [0.05, 0.1) is 32.4 Å². The van der Waals surface area contributed by atoms with Crippen LogP contribution in [0.2, 0.25) is 0 Å². The smallest absolute Gasteiger partial charge is 0.266 e. The van der Waals surface area contributed by atoms with Crippen molar-refractivity contribution in [1.29, 1.82) is 0 Å². The average molecular weight is 463 g/mol. The lowest BCUT2D eigenvalue weighted by Gasteiger charge is -2.17. The second-order valence-electron chi connectivity index (χ2n) is 7.69. The minimum Gasteiger partial charge on any atom is -0.493 e. The molecule has 4 aromatic rings. The Kier molecular flexibility index (Phi) is 6.60. The summed E-state index contributed by atoms with van der Waals surface area (Å²) < 4.78 is 18.2.